The van der Waals surface area contributed by atoms with Crippen LogP contribution < -0.4 is 0 Å². The van der Waals surface area contributed by atoms with E-state index in [0.717, 1.165) is 12.0 Å². The second kappa shape index (κ2) is 8.63. The number of rotatable bonds is 7. The van der Waals surface area contributed by atoms with Crippen LogP contribution in [-0.2, 0) is 34.4 Å². The molecular weight excluding hydrogens is 385 g/mol. The van der Waals surface area contributed by atoms with Gasteiger partial charge in [-0.1, -0.05) is 49.1 Å². The van der Waals surface area contributed by atoms with Crippen LogP contribution in [0.15, 0.2) is 30.3 Å². The highest BCUT2D eigenvalue weighted by molar-refractivity contribution is 9.01. The highest BCUT2D eigenvalue weighted by atomic mass is 33.2. The molecular formula is C15H22NO2PS4. The van der Waals surface area contributed by atoms with E-state index in [4.69, 9.17) is 11.8 Å². The van der Waals surface area contributed by atoms with Crippen molar-refractivity contribution >= 4 is 56.3 Å². The molecule has 0 aromatic heterocycles. The quantitative estimate of drug-likeness (QED) is 0.502. The first-order valence-electron chi connectivity index (χ1n) is 7.45. The fraction of sp³-hybridized carbons (Fsp3) is 0.533. The van der Waals surface area contributed by atoms with E-state index in [9.17, 15) is 9.35 Å². The molecule has 1 aromatic carbocycles. The largest absolute Gasteiger partial charge is 0.592 e. The lowest BCUT2D eigenvalue weighted by Crippen LogP contribution is -2.33. The molecule has 1 fully saturated rings. The summed E-state index contributed by atoms with van der Waals surface area (Å²) >= 11 is 7.77. The molecule has 2 rings (SSSR count). The maximum Gasteiger partial charge on any atom is 0.272 e. The number of carbonyl (C=O) groups is 1. The van der Waals surface area contributed by atoms with Gasteiger partial charge in [-0.05, 0) is 30.9 Å². The standard InChI is InChI=1S/C15H22NO2PS4/c1-4-13-14(17)16(11-10-12-8-6-5-7-9-12)23(18)15(13)19(20,21-2)22-3/h5-9,13,15H,4,10-11H2,1-3H3. The monoisotopic (exact) mass is 407 g/mol. The average molecular weight is 408 g/mol. The second-order valence-electron chi connectivity index (χ2n) is 5.26. The molecule has 3 unspecified atom stereocenters. The highest BCUT2D eigenvalue weighted by Crippen LogP contribution is 2.74. The van der Waals surface area contributed by atoms with Gasteiger partial charge in [-0.3, -0.25) is 4.79 Å². The van der Waals surface area contributed by atoms with Gasteiger partial charge in [0.25, 0.3) is 5.91 Å². The first kappa shape index (κ1) is 19.7. The van der Waals surface area contributed by atoms with E-state index < -0.39 is 15.8 Å². The third-order valence-electron chi connectivity index (χ3n) is 4.04. The summed E-state index contributed by atoms with van der Waals surface area (Å²) in [4.78, 5) is 12.5. The van der Waals surface area contributed by atoms with Crippen LogP contribution in [0.2, 0.25) is 0 Å². The Balaban J connectivity index is 2.18. The molecule has 1 saturated heterocycles. The zero-order valence-electron chi connectivity index (χ0n) is 13.5. The highest BCUT2D eigenvalue weighted by Gasteiger charge is 2.57. The number of hydrogen-bond donors (Lipinski definition) is 0. The Kier molecular flexibility index (Phi) is 7.38. The molecule has 3 atom stereocenters. The lowest BCUT2D eigenvalue weighted by Gasteiger charge is -2.27. The Morgan fingerprint density at radius 1 is 1.30 bits per heavy atom. The number of hydrogen-bond acceptors (Lipinski definition) is 5. The molecule has 0 spiro atoms. The van der Waals surface area contributed by atoms with Gasteiger partial charge in [0.1, 0.15) is 4.44 Å². The molecule has 1 heterocycles. The van der Waals surface area contributed by atoms with Crippen molar-refractivity contribution in [2.24, 2.45) is 5.92 Å². The van der Waals surface area contributed by atoms with Crippen LogP contribution in [0.5, 0.6) is 0 Å². The molecule has 23 heavy (non-hydrogen) atoms. The van der Waals surface area contributed by atoms with Crippen molar-refractivity contribution in [3.05, 3.63) is 35.9 Å². The number of nitrogens with zero attached hydrogens (tertiary/aromatic N) is 1. The third kappa shape index (κ3) is 4.13. The SMILES string of the molecule is CCC1C(=O)N(CCc2ccccc2)[S+]([O-])C1P(=S)(SC)SC. The number of benzene rings is 1. The van der Waals surface area contributed by atoms with Gasteiger partial charge in [0.15, 0.2) is 4.99 Å². The minimum Gasteiger partial charge on any atom is -0.592 e. The number of carbonyl (C=O) groups excluding carboxylic acids is 1. The van der Waals surface area contributed by atoms with Crippen LogP contribution in [0.1, 0.15) is 18.9 Å². The van der Waals surface area contributed by atoms with E-state index >= 15 is 0 Å². The molecule has 0 radical (unpaired) electrons. The van der Waals surface area contributed by atoms with Crippen LogP contribution in [0.4, 0.5) is 0 Å². The summed E-state index contributed by atoms with van der Waals surface area (Å²) in [6.45, 7) is 2.49. The van der Waals surface area contributed by atoms with Crippen molar-refractivity contribution < 1.29 is 9.35 Å². The van der Waals surface area contributed by atoms with Gasteiger partial charge in [-0.25, -0.2) is 0 Å². The van der Waals surface area contributed by atoms with Crippen molar-refractivity contribution in [3.8, 4) is 0 Å². The molecule has 1 aromatic rings. The Hall–Kier alpha value is 0.350. The van der Waals surface area contributed by atoms with Gasteiger partial charge in [-0.2, -0.15) is 4.31 Å². The van der Waals surface area contributed by atoms with Crippen molar-refractivity contribution in [2.45, 2.75) is 24.8 Å². The predicted molar refractivity (Wildman–Crippen MR) is 109 cm³/mol. The molecule has 8 heteroatoms. The van der Waals surface area contributed by atoms with Gasteiger partial charge >= 0.3 is 0 Å². The normalized spacial score (nSPS) is 25.1. The summed E-state index contributed by atoms with van der Waals surface area (Å²) in [5, 5.41) is 0. The summed E-state index contributed by atoms with van der Waals surface area (Å²) in [6, 6.07) is 10.0. The molecule has 1 aliphatic rings. The van der Waals surface area contributed by atoms with E-state index in [-0.39, 0.29) is 16.8 Å². The van der Waals surface area contributed by atoms with Crippen LogP contribution >= 0.6 is 27.2 Å². The van der Waals surface area contributed by atoms with Gasteiger partial charge < -0.3 is 4.55 Å². The topological polar surface area (TPSA) is 43.4 Å². The second-order valence-corrected chi connectivity index (χ2v) is 18.9. The van der Waals surface area contributed by atoms with Gasteiger partial charge in [-0.15, -0.1) is 22.8 Å². The third-order valence-corrected chi connectivity index (χ3v) is 20.7. The summed E-state index contributed by atoms with van der Waals surface area (Å²) in [6.07, 6.45) is 5.40. The Labute approximate surface area is 155 Å². The smallest absolute Gasteiger partial charge is 0.272 e. The zero-order valence-corrected chi connectivity index (χ0v) is 17.7. The first-order chi connectivity index (χ1) is 11.0. The zero-order chi connectivity index (χ0) is 17.0. The van der Waals surface area contributed by atoms with E-state index in [1.54, 1.807) is 27.1 Å². The van der Waals surface area contributed by atoms with E-state index in [2.05, 4.69) is 0 Å². The summed E-state index contributed by atoms with van der Waals surface area (Å²) in [5.41, 5.74) is 1.16. The van der Waals surface area contributed by atoms with Crippen molar-refractivity contribution in [3.63, 3.8) is 0 Å². The fourth-order valence-electron chi connectivity index (χ4n) is 2.73. The molecule has 128 valence electrons. The molecule has 1 amide bonds. The summed E-state index contributed by atoms with van der Waals surface area (Å²) in [5.74, 6) is -0.179. The maximum absolute atomic E-state index is 13.0. The van der Waals surface area contributed by atoms with Crippen molar-refractivity contribution in [1.29, 1.82) is 0 Å². The van der Waals surface area contributed by atoms with E-state index in [1.165, 1.54) is 0 Å². The molecule has 3 nitrogen and oxygen atoms in total. The van der Waals surface area contributed by atoms with Gasteiger partial charge in [0, 0.05) is 0 Å². The Bertz CT molecular complexity index is 578. The minimum atomic E-state index is -1.92. The predicted octanol–water partition coefficient (Wildman–Crippen LogP) is 4.12. The fourth-order valence-corrected chi connectivity index (χ4v) is 14.6. The molecule has 0 aliphatic carbocycles. The molecule has 0 N–H and O–H groups in total. The molecule has 0 bridgehead atoms. The van der Waals surface area contributed by atoms with Crippen molar-refractivity contribution in [1.82, 2.24) is 4.31 Å². The van der Waals surface area contributed by atoms with Crippen LogP contribution in [0, 0.1) is 5.92 Å². The lowest BCUT2D eigenvalue weighted by atomic mass is 10.1. The first-order valence-corrected chi connectivity index (χ1v) is 15.2. The van der Waals surface area contributed by atoms with Gasteiger partial charge in [0.05, 0.1) is 23.8 Å². The summed E-state index contributed by atoms with van der Waals surface area (Å²) in [7, 11) is 0. The average Bonchev–Trinajstić information content (AvgIpc) is 2.83. The van der Waals surface area contributed by atoms with E-state index in [1.807, 2.05) is 49.8 Å². The molecule has 1 aliphatic heterocycles. The maximum atomic E-state index is 13.0. The van der Waals surface area contributed by atoms with Crippen LogP contribution in [0.25, 0.3) is 0 Å². The lowest BCUT2D eigenvalue weighted by molar-refractivity contribution is -0.128. The summed E-state index contributed by atoms with van der Waals surface area (Å²) < 4.78 is 12.7. The van der Waals surface area contributed by atoms with Gasteiger partial charge in [0.2, 0.25) is 0 Å². The Morgan fingerprint density at radius 2 is 1.91 bits per heavy atom. The minimum absolute atomic E-state index is 0.0177. The van der Waals surface area contributed by atoms with Crippen LogP contribution in [-0.4, -0.2) is 38.8 Å². The Morgan fingerprint density at radius 3 is 2.43 bits per heavy atom. The molecule has 0 saturated carbocycles. The van der Waals surface area contributed by atoms with Crippen LogP contribution in [0.3, 0.4) is 0 Å². The van der Waals surface area contributed by atoms with E-state index in [0.29, 0.717) is 13.0 Å². The number of amides is 1. The van der Waals surface area contributed by atoms with Crippen molar-refractivity contribution in [2.75, 3.05) is 19.1 Å².